The van der Waals surface area contributed by atoms with Crippen molar-refractivity contribution >= 4 is 27.2 Å². The van der Waals surface area contributed by atoms with Gasteiger partial charge in [0.25, 0.3) is 10.0 Å². The minimum atomic E-state index is -4.66. The minimum absolute atomic E-state index is 0.0414. The molecule has 12 heteroatoms. The first-order valence-electron chi connectivity index (χ1n) is 11.2. The highest BCUT2D eigenvalue weighted by Gasteiger charge is 2.36. The number of hydrogen-bond donors (Lipinski definition) is 1. The van der Waals surface area contributed by atoms with Gasteiger partial charge in [0.1, 0.15) is 11.5 Å². The Morgan fingerprint density at radius 2 is 1.73 bits per heavy atom. The van der Waals surface area contributed by atoms with Crippen molar-refractivity contribution in [3.05, 3.63) is 77.8 Å². The summed E-state index contributed by atoms with van der Waals surface area (Å²) >= 11 is 0. The summed E-state index contributed by atoms with van der Waals surface area (Å²) in [6.07, 6.45) is -3.52. The number of aromatic nitrogens is 3. The van der Waals surface area contributed by atoms with Crippen LogP contribution in [-0.4, -0.2) is 23.5 Å². The van der Waals surface area contributed by atoms with Gasteiger partial charge in [0.05, 0.1) is 22.8 Å². The molecule has 1 aliphatic rings. The van der Waals surface area contributed by atoms with Gasteiger partial charge in [0, 0.05) is 11.1 Å². The molecule has 5 rings (SSSR count). The van der Waals surface area contributed by atoms with Crippen molar-refractivity contribution in [3.8, 4) is 11.4 Å². The smallest absolute Gasteiger partial charge is 0.342 e. The predicted molar refractivity (Wildman–Crippen MR) is 131 cm³/mol. The summed E-state index contributed by atoms with van der Waals surface area (Å²) in [7, 11) is -4.15. The second-order valence-electron chi connectivity index (χ2n) is 9.60. The highest BCUT2D eigenvalue weighted by atomic mass is 32.2. The van der Waals surface area contributed by atoms with Gasteiger partial charge < -0.3 is 9.84 Å². The topological polar surface area (TPSA) is 101 Å². The average Bonchev–Trinajstić information content (AvgIpc) is 3.31. The number of rotatable bonds is 3. The summed E-state index contributed by atoms with van der Waals surface area (Å²) in [4.78, 5) is 7.80. The second-order valence-corrected chi connectivity index (χ2v) is 11.5. The monoisotopic (exact) mass is 529 g/mol. The number of sulfonamides is 1. The fraction of sp³-hybridized carbons (Fsp3) is 0.240. The van der Waals surface area contributed by atoms with Crippen molar-refractivity contribution in [3.63, 3.8) is 0 Å². The first kappa shape index (κ1) is 24.8. The number of nitrogens with zero attached hydrogens (tertiary/aromatic N) is 4. The molecule has 0 spiro atoms. The Balaban J connectivity index is 1.67. The van der Waals surface area contributed by atoms with Gasteiger partial charge in [-0.1, -0.05) is 44.1 Å². The van der Waals surface area contributed by atoms with Crippen LogP contribution in [0, 0.1) is 0 Å². The van der Waals surface area contributed by atoms with Crippen molar-refractivity contribution in [2.24, 2.45) is 0 Å². The molecule has 4 aromatic rings. The van der Waals surface area contributed by atoms with Crippen LogP contribution in [0.2, 0.25) is 0 Å². The van der Waals surface area contributed by atoms with E-state index in [9.17, 15) is 21.6 Å². The number of nitrogens with one attached hydrogen (secondary N) is 1. The van der Waals surface area contributed by atoms with E-state index < -0.39 is 21.9 Å². The van der Waals surface area contributed by atoms with Gasteiger partial charge in [0.2, 0.25) is 12.2 Å². The molecule has 2 aromatic heterocycles. The van der Waals surface area contributed by atoms with Crippen LogP contribution < -0.4 is 9.62 Å². The van der Waals surface area contributed by atoms with Gasteiger partial charge in [-0.2, -0.15) is 18.2 Å². The number of alkyl halides is 3. The molecular formula is C25H22F3N5O3S. The molecule has 1 aliphatic heterocycles. The third-order valence-corrected chi connectivity index (χ3v) is 7.80. The first-order valence-corrected chi connectivity index (χ1v) is 12.7. The number of anilines is 3. The molecule has 2 aromatic carbocycles. The van der Waals surface area contributed by atoms with E-state index in [0.29, 0.717) is 5.56 Å². The number of benzene rings is 2. The molecule has 192 valence electrons. The second kappa shape index (κ2) is 8.58. The lowest BCUT2D eigenvalue weighted by Crippen LogP contribution is -2.30. The molecule has 0 bridgehead atoms. The van der Waals surface area contributed by atoms with Crippen LogP contribution in [-0.2, 0) is 28.2 Å². The molecular weight excluding hydrogens is 507 g/mol. The molecule has 0 saturated heterocycles. The predicted octanol–water partition coefficient (Wildman–Crippen LogP) is 5.90. The number of halogens is 3. The van der Waals surface area contributed by atoms with Crippen LogP contribution >= 0.6 is 0 Å². The Morgan fingerprint density at radius 3 is 2.35 bits per heavy atom. The van der Waals surface area contributed by atoms with E-state index in [1.54, 1.807) is 30.3 Å². The van der Waals surface area contributed by atoms with E-state index in [2.05, 4.69) is 20.4 Å². The van der Waals surface area contributed by atoms with Gasteiger partial charge >= 0.3 is 6.18 Å². The van der Waals surface area contributed by atoms with Crippen molar-refractivity contribution in [1.82, 2.24) is 15.1 Å². The minimum Gasteiger partial charge on any atom is -0.342 e. The zero-order chi connectivity index (χ0) is 26.6. The first-order chi connectivity index (χ1) is 17.3. The van der Waals surface area contributed by atoms with E-state index in [4.69, 9.17) is 4.52 Å². The Bertz CT molecular complexity index is 1560. The van der Waals surface area contributed by atoms with Crippen LogP contribution in [0.25, 0.3) is 11.4 Å². The fourth-order valence-corrected chi connectivity index (χ4v) is 5.45. The SMILES string of the molecule is CC(C)(C)c1ccc(S(=O)(=O)N2Cc3ccc(C(F)(F)F)nc3Nc3ccc(-c4ncon4)cc32)cc1. The normalized spacial score (nSPS) is 13.9. The zero-order valence-corrected chi connectivity index (χ0v) is 20.9. The van der Waals surface area contributed by atoms with Crippen LogP contribution in [0.4, 0.5) is 30.4 Å². The molecule has 0 radical (unpaired) electrons. The average molecular weight is 530 g/mol. The molecule has 8 nitrogen and oxygen atoms in total. The number of fused-ring (bicyclic) bond motifs is 2. The van der Waals surface area contributed by atoms with Gasteiger partial charge in [-0.3, -0.25) is 4.31 Å². The summed E-state index contributed by atoms with van der Waals surface area (Å²) in [6, 6.07) is 13.3. The van der Waals surface area contributed by atoms with E-state index in [1.165, 1.54) is 18.2 Å². The van der Waals surface area contributed by atoms with Crippen molar-refractivity contribution in [2.45, 2.75) is 43.8 Å². The lowest BCUT2D eigenvalue weighted by atomic mass is 9.87. The van der Waals surface area contributed by atoms with Gasteiger partial charge in [-0.05, 0) is 47.4 Å². The fourth-order valence-electron chi connectivity index (χ4n) is 4.00. The van der Waals surface area contributed by atoms with Crippen LogP contribution in [0.1, 0.15) is 37.6 Å². The van der Waals surface area contributed by atoms with E-state index >= 15 is 0 Å². The van der Waals surface area contributed by atoms with Crippen LogP contribution in [0.5, 0.6) is 0 Å². The van der Waals surface area contributed by atoms with Crippen molar-refractivity contribution in [1.29, 1.82) is 0 Å². The van der Waals surface area contributed by atoms with Gasteiger partial charge in [-0.15, -0.1) is 0 Å². The molecule has 0 unspecified atom stereocenters. The molecule has 37 heavy (non-hydrogen) atoms. The molecule has 3 heterocycles. The summed E-state index contributed by atoms with van der Waals surface area (Å²) in [5.74, 6) is 0.151. The third-order valence-electron chi connectivity index (χ3n) is 6.03. The maximum absolute atomic E-state index is 13.9. The number of pyridine rings is 1. The summed E-state index contributed by atoms with van der Waals surface area (Å²) < 4.78 is 73.9. The summed E-state index contributed by atoms with van der Waals surface area (Å²) in [5.41, 5.74) is 0.895. The Hall–Kier alpha value is -3.93. The quantitative estimate of drug-likeness (QED) is 0.353. The van der Waals surface area contributed by atoms with Crippen LogP contribution in [0.3, 0.4) is 0 Å². The van der Waals surface area contributed by atoms with E-state index in [-0.39, 0.29) is 45.4 Å². The number of hydrogen-bond acceptors (Lipinski definition) is 7. The maximum Gasteiger partial charge on any atom is 0.433 e. The molecule has 0 fully saturated rings. The molecule has 0 atom stereocenters. The van der Waals surface area contributed by atoms with Crippen molar-refractivity contribution < 1.29 is 26.1 Å². The highest BCUT2D eigenvalue weighted by molar-refractivity contribution is 7.92. The lowest BCUT2D eigenvalue weighted by molar-refractivity contribution is -0.141. The zero-order valence-electron chi connectivity index (χ0n) is 20.0. The largest absolute Gasteiger partial charge is 0.433 e. The standard InChI is InChI=1S/C25H22F3N5O3S/c1-24(2,3)17-6-8-18(9-7-17)37(34,35)33-13-16-5-11-21(25(26,27)28)31-23(16)30-19-10-4-15(12-20(19)33)22-29-14-36-32-22/h4-12,14H,13H2,1-3H3,(H,30,31). The van der Waals surface area contributed by atoms with Gasteiger partial charge in [0.15, 0.2) is 0 Å². The van der Waals surface area contributed by atoms with E-state index in [1.807, 2.05) is 20.8 Å². The highest BCUT2D eigenvalue weighted by Crippen LogP contribution is 2.41. The Morgan fingerprint density at radius 1 is 1.00 bits per heavy atom. The molecule has 0 aliphatic carbocycles. The summed E-state index contributed by atoms with van der Waals surface area (Å²) in [6.45, 7) is 5.81. The van der Waals surface area contributed by atoms with Gasteiger partial charge in [-0.25, -0.2) is 13.4 Å². The maximum atomic E-state index is 13.9. The van der Waals surface area contributed by atoms with E-state index in [0.717, 1.165) is 22.3 Å². The summed E-state index contributed by atoms with van der Waals surface area (Å²) in [5, 5.41) is 6.69. The Kier molecular flexibility index (Phi) is 5.74. The lowest BCUT2D eigenvalue weighted by Gasteiger charge is -2.25. The molecule has 0 amide bonds. The molecule has 1 N–H and O–H groups in total. The van der Waals surface area contributed by atoms with Crippen LogP contribution in [0.15, 0.2) is 70.4 Å². The van der Waals surface area contributed by atoms with Crippen molar-refractivity contribution in [2.75, 3.05) is 9.62 Å². The third kappa shape index (κ3) is 4.64. The Labute approximate surface area is 211 Å². The molecule has 0 saturated carbocycles.